The van der Waals surface area contributed by atoms with Gasteiger partial charge in [0.25, 0.3) is 0 Å². The first kappa shape index (κ1) is 16.4. The molecule has 0 saturated heterocycles. The maximum absolute atomic E-state index is 12.2. The van der Waals surface area contributed by atoms with Gasteiger partial charge in [-0.15, -0.1) is 0 Å². The number of benzene rings is 3. The number of nitrogens with one attached hydrogen (secondary N) is 1. The Labute approximate surface area is 154 Å². The third kappa shape index (κ3) is 3.77. The Balaban J connectivity index is 1.39. The highest BCUT2D eigenvalue weighted by molar-refractivity contribution is 5.92. The average molecular weight is 342 g/mol. The van der Waals surface area contributed by atoms with Crippen LogP contribution in [-0.4, -0.2) is 12.5 Å². The number of carbonyl (C=O) groups is 1. The van der Waals surface area contributed by atoms with Crippen molar-refractivity contribution in [3.63, 3.8) is 0 Å². The molecule has 0 atom stereocenters. The zero-order valence-corrected chi connectivity index (χ0v) is 14.7. The molecule has 1 aliphatic rings. The summed E-state index contributed by atoms with van der Waals surface area (Å²) in [5.74, 6) is 0.0100. The molecule has 3 heteroatoms. The van der Waals surface area contributed by atoms with Crippen LogP contribution in [0.4, 0.5) is 11.4 Å². The van der Waals surface area contributed by atoms with E-state index in [-0.39, 0.29) is 5.91 Å². The number of carbonyl (C=O) groups excluding carboxylic acids is 1. The van der Waals surface area contributed by atoms with E-state index in [4.69, 9.17) is 0 Å². The minimum atomic E-state index is 0.0100. The van der Waals surface area contributed by atoms with Crippen LogP contribution in [0, 0.1) is 0 Å². The third-order valence-corrected chi connectivity index (χ3v) is 4.85. The van der Waals surface area contributed by atoms with Crippen LogP contribution in [-0.2, 0) is 24.2 Å². The molecule has 130 valence electrons. The van der Waals surface area contributed by atoms with Gasteiger partial charge >= 0.3 is 0 Å². The Bertz CT molecular complexity index is 888. The van der Waals surface area contributed by atoms with Crippen LogP contribution < -0.4 is 10.2 Å². The van der Waals surface area contributed by atoms with E-state index < -0.39 is 0 Å². The first-order valence-electron chi connectivity index (χ1n) is 9.03. The SMILES string of the molecule is O=C(Cc1ccccc1)Nc1ccc(N2CCc3ccccc3C2)cc1. The largest absolute Gasteiger partial charge is 0.367 e. The lowest BCUT2D eigenvalue weighted by atomic mass is 9.99. The van der Waals surface area contributed by atoms with Gasteiger partial charge in [-0.25, -0.2) is 0 Å². The highest BCUT2D eigenvalue weighted by Crippen LogP contribution is 2.25. The highest BCUT2D eigenvalue weighted by Gasteiger charge is 2.16. The Hall–Kier alpha value is -3.07. The van der Waals surface area contributed by atoms with Crippen LogP contribution >= 0.6 is 0 Å². The molecule has 1 amide bonds. The van der Waals surface area contributed by atoms with Gasteiger partial charge in [0.1, 0.15) is 0 Å². The molecule has 0 unspecified atom stereocenters. The summed E-state index contributed by atoms with van der Waals surface area (Å²) in [5, 5.41) is 2.98. The van der Waals surface area contributed by atoms with Crippen molar-refractivity contribution in [1.82, 2.24) is 0 Å². The number of fused-ring (bicyclic) bond motifs is 1. The lowest BCUT2D eigenvalue weighted by molar-refractivity contribution is -0.115. The number of anilines is 2. The smallest absolute Gasteiger partial charge is 0.228 e. The lowest BCUT2D eigenvalue weighted by Gasteiger charge is -2.30. The average Bonchev–Trinajstić information content (AvgIpc) is 2.69. The molecule has 3 nitrogen and oxygen atoms in total. The molecule has 0 fully saturated rings. The van der Waals surface area contributed by atoms with Gasteiger partial charge in [-0.2, -0.15) is 0 Å². The Morgan fingerprint density at radius 1 is 0.846 bits per heavy atom. The molecule has 1 heterocycles. The van der Waals surface area contributed by atoms with Gasteiger partial charge in [0.05, 0.1) is 6.42 Å². The Morgan fingerprint density at radius 3 is 2.31 bits per heavy atom. The highest BCUT2D eigenvalue weighted by atomic mass is 16.1. The minimum Gasteiger partial charge on any atom is -0.367 e. The van der Waals surface area contributed by atoms with Crippen molar-refractivity contribution in [3.05, 3.63) is 95.6 Å². The van der Waals surface area contributed by atoms with Crippen molar-refractivity contribution >= 4 is 17.3 Å². The molecule has 0 spiro atoms. The third-order valence-electron chi connectivity index (χ3n) is 4.85. The van der Waals surface area contributed by atoms with E-state index in [2.05, 4.69) is 46.6 Å². The van der Waals surface area contributed by atoms with Gasteiger partial charge in [-0.3, -0.25) is 4.79 Å². The summed E-state index contributed by atoms with van der Waals surface area (Å²) in [6.45, 7) is 1.96. The zero-order valence-electron chi connectivity index (χ0n) is 14.7. The topological polar surface area (TPSA) is 32.3 Å². The molecule has 1 N–H and O–H groups in total. The number of amides is 1. The molecule has 0 aliphatic carbocycles. The van der Waals surface area contributed by atoms with Crippen molar-refractivity contribution < 1.29 is 4.79 Å². The molecule has 0 bridgehead atoms. The number of rotatable bonds is 4. The van der Waals surface area contributed by atoms with Crippen LogP contribution in [0.2, 0.25) is 0 Å². The van der Waals surface area contributed by atoms with E-state index in [9.17, 15) is 4.79 Å². The fourth-order valence-electron chi connectivity index (χ4n) is 3.46. The van der Waals surface area contributed by atoms with Crippen molar-refractivity contribution in [1.29, 1.82) is 0 Å². The predicted molar refractivity (Wildman–Crippen MR) is 106 cm³/mol. The summed E-state index contributed by atoms with van der Waals surface area (Å²) in [7, 11) is 0. The second kappa shape index (κ2) is 7.44. The molecular formula is C23H22N2O. The molecule has 0 radical (unpaired) electrons. The molecular weight excluding hydrogens is 320 g/mol. The standard InChI is InChI=1S/C23H22N2O/c26-23(16-18-6-2-1-3-7-18)24-21-10-12-22(13-11-21)25-15-14-19-8-4-5-9-20(19)17-25/h1-13H,14-17H2,(H,24,26). The fourth-order valence-corrected chi connectivity index (χ4v) is 3.46. The van der Waals surface area contributed by atoms with Crippen molar-refractivity contribution in [2.75, 3.05) is 16.8 Å². The summed E-state index contributed by atoms with van der Waals surface area (Å²) in [6, 6.07) is 26.6. The van der Waals surface area contributed by atoms with E-state index in [0.29, 0.717) is 6.42 Å². The number of nitrogens with zero attached hydrogens (tertiary/aromatic N) is 1. The van der Waals surface area contributed by atoms with Gasteiger partial charge in [0.15, 0.2) is 0 Å². The van der Waals surface area contributed by atoms with Gasteiger partial charge in [0.2, 0.25) is 5.91 Å². The molecule has 1 aliphatic heterocycles. The Kier molecular flexibility index (Phi) is 4.69. The summed E-state index contributed by atoms with van der Waals surface area (Å²) in [4.78, 5) is 14.6. The molecule has 0 saturated carbocycles. The molecule has 3 aromatic rings. The molecule has 3 aromatic carbocycles. The van der Waals surface area contributed by atoms with E-state index >= 15 is 0 Å². The summed E-state index contributed by atoms with van der Waals surface area (Å²) >= 11 is 0. The number of hydrogen-bond donors (Lipinski definition) is 1. The summed E-state index contributed by atoms with van der Waals surface area (Å²) in [6.07, 6.45) is 1.47. The zero-order chi connectivity index (χ0) is 17.8. The second-order valence-corrected chi connectivity index (χ2v) is 6.70. The second-order valence-electron chi connectivity index (χ2n) is 6.70. The van der Waals surface area contributed by atoms with E-state index in [1.807, 2.05) is 42.5 Å². The van der Waals surface area contributed by atoms with Gasteiger partial charge in [-0.05, 0) is 47.4 Å². The maximum atomic E-state index is 12.2. The molecule has 0 aromatic heterocycles. The first-order chi connectivity index (χ1) is 12.8. The van der Waals surface area contributed by atoms with Gasteiger partial charge < -0.3 is 10.2 Å². The summed E-state index contributed by atoms with van der Waals surface area (Å²) < 4.78 is 0. The normalized spacial score (nSPS) is 13.2. The monoisotopic (exact) mass is 342 g/mol. The van der Waals surface area contributed by atoms with Crippen molar-refractivity contribution in [2.45, 2.75) is 19.4 Å². The predicted octanol–water partition coefficient (Wildman–Crippen LogP) is 4.43. The van der Waals surface area contributed by atoms with Gasteiger partial charge in [-0.1, -0.05) is 54.6 Å². The van der Waals surface area contributed by atoms with Crippen LogP contribution in [0.15, 0.2) is 78.9 Å². The minimum absolute atomic E-state index is 0.0100. The first-order valence-corrected chi connectivity index (χ1v) is 9.03. The van der Waals surface area contributed by atoms with Crippen LogP contribution in [0.1, 0.15) is 16.7 Å². The van der Waals surface area contributed by atoms with Crippen LogP contribution in [0.3, 0.4) is 0 Å². The van der Waals surface area contributed by atoms with E-state index in [1.54, 1.807) is 0 Å². The quantitative estimate of drug-likeness (QED) is 0.761. The van der Waals surface area contributed by atoms with E-state index in [1.165, 1.54) is 16.8 Å². The molecule has 4 rings (SSSR count). The lowest BCUT2D eigenvalue weighted by Crippen LogP contribution is -2.30. The van der Waals surface area contributed by atoms with Crippen molar-refractivity contribution in [3.8, 4) is 0 Å². The fraction of sp³-hybridized carbons (Fsp3) is 0.174. The van der Waals surface area contributed by atoms with Crippen molar-refractivity contribution in [2.24, 2.45) is 0 Å². The number of hydrogen-bond acceptors (Lipinski definition) is 2. The van der Waals surface area contributed by atoms with Gasteiger partial charge in [0, 0.05) is 24.5 Å². The van der Waals surface area contributed by atoms with Crippen LogP contribution in [0.25, 0.3) is 0 Å². The molecule has 26 heavy (non-hydrogen) atoms. The maximum Gasteiger partial charge on any atom is 0.228 e. The Morgan fingerprint density at radius 2 is 1.54 bits per heavy atom. The van der Waals surface area contributed by atoms with E-state index in [0.717, 1.165) is 30.8 Å². The van der Waals surface area contributed by atoms with Crippen LogP contribution in [0.5, 0.6) is 0 Å². The summed E-state index contributed by atoms with van der Waals surface area (Å²) in [5.41, 5.74) is 5.91.